The van der Waals surface area contributed by atoms with E-state index in [0.717, 1.165) is 40.3 Å². The molecule has 0 unspecified atom stereocenters. The van der Waals surface area contributed by atoms with Crippen LogP contribution in [0.2, 0.25) is 10.0 Å². The summed E-state index contributed by atoms with van der Waals surface area (Å²) in [5.41, 5.74) is 4.13. The van der Waals surface area contributed by atoms with Crippen LogP contribution in [0.25, 0.3) is 0 Å². The molecule has 4 nitrogen and oxygen atoms in total. The van der Waals surface area contributed by atoms with Crippen molar-refractivity contribution < 1.29 is 9.47 Å². The number of benzene rings is 3. The first-order chi connectivity index (χ1) is 14.1. The molecule has 3 aromatic rings. The van der Waals surface area contributed by atoms with E-state index < -0.39 is 0 Å². The summed E-state index contributed by atoms with van der Waals surface area (Å²) in [7, 11) is 1.66. The van der Waals surface area contributed by atoms with E-state index in [9.17, 15) is 0 Å². The summed E-state index contributed by atoms with van der Waals surface area (Å²) in [5, 5.41) is 8.36. The third-order valence-electron chi connectivity index (χ3n) is 5.33. The smallest absolute Gasteiger partial charge is 0.213 e. The van der Waals surface area contributed by atoms with Crippen LogP contribution < -0.4 is 9.47 Å². The lowest BCUT2D eigenvalue weighted by atomic mass is 9.96. The summed E-state index contributed by atoms with van der Waals surface area (Å²) >= 11 is 12.4. The van der Waals surface area contributed by atoms with Gasteiger partial charge in [0.05, 0.1) is 18.9 Å². The van der Waals surface area contributed by atoms with E-state index in [4.69, 9.17) is 37.8 Å². The minimum atomic E-state index is -0.332. The fourth-order valence-electron chi connectivity index (χ4n) is 3.86. The van der Waals surface area contributed by atoms with Gasteiger partial charge < -0.3 is 9.47 Å². The van der Waals surface area contributed by atoms with Gasteiger partial charge in [-0.15, -0.1) is 0 Å². The van der Waals surface area contributed by atoms with Crippen LogP contribution in [0.3, 0.4) is 0 Å². The van der Waals surface area contributed by atoms with Gasteiger partial charge in [0.25, 0.3) is 0 Å². The standard InChI is InChI=1S/C23H18Cl2N2O2/c1-28-18-9-4-14(5-10-18)20-13-21-19-12-17(25)8-11-22(19)29-23(27(21)26-20)15-2-6-16(24)7-3-15/h2-12,21,23H,13H2,1H3/t21-,23-/m1/s1. The van der Waals surface area contributed by atoms with Gasteiger partial charge in [0.15, 0.2) is 0 Å². The molecule has 0 saturated heterocycles. The van der Waals surface area contributed by atoms with Gasteiger partial charge in [0.1, 0.15) is 11.5 Å². The Morgan fingerprint density at radius 3 is 2.41 bits per heavy atom. The number of halogens is 2. The SMILES string of the molecule is COc1ccc(C2=NN3[C@H](C2)c2cc(Cl)ccc2O[C@@H]3c2ccc(Cl)cc2)cc1. The molecule has 3 aromatic carbocycles. The Balaban J connectivity index is 1.57. The zero-order valence-corrected chi connectivity index (χ0v) is 17.2. The second kappa shape index (κ2) is 7.29. The van der Waals surface area contributed by atoms with Gasteiger partial charge in [-0.1, -0.05) is 35.3 Å². The molecule has 2 atom stereocenters. The number of hydrazone groups is 1. The first-order valence-electron chi connectivity index (χ1n) is 9.34. The van der Waals surface area contributed by atoms with Crippen molar-refractivity contribution >= 4 is 28.9 Å². The van der Waals surface area contributed by atoms with Crippen LogP contribution in [0.4, 0.5) is 0 Å². The number of fused-ring (bicyclic) bond motifs is 3. The number of methoxy groups -OCH3 is 1. The summed E-state index contributed by atoms with van der Waals surface area (Å²) in [5.74, 6) is 1.66. The second-order valence-electron chi connectivity index (χ2n) is 7.08. The van der Waals surface area contributed by atoms with Crippen molar-refractivity contribution in [2.75, 3.05) is 7.11 Å². The summed E-state index contributed by atoms with van der Waals surface area (Å²) in [6.45, 7) is 0. The average Bonchev–Trinajstić information content (AvgIpc) is 3.20. The van der Waals surface area contributed by atoms with Gasteiger partial charge in [0.2, 0.25) is 6.23 Å². The lowest BCUT2D eigenvalue weighted by Gasteiger charge is -2.38. The first kappa shape index (κ1) is 18.3. The number of hydrogen-bond acceptors (Lipinski definition) is 4. The minimum Gasteiger partial charge on any atom is -0.497 e. The molecule has 0 saturated carbocycles. The van der Waals surface area contributed by atoms with Crippen LogP contribution >= 0.6 is 23.2 Å². The van der Waals surface area contributed by atoms with Gasteiger partial charge in [-0.05, 0) is 60.2 Å². The highest BCUT2D eigenvalue weighted by Crippen LogP contribution is 2.48. The van der Waals surface area contributed by atoms with E-state index in [1.54, 1.807) is 7.11 Å². The maximum absolute atomic E-state index is 6.34. The highest BCUT2D eigenvalue weighted by atomic mass is 35.5. The molecule has 2 aliphatic heterocycles. The van der Waals surface area contributed by atoms with Gasteiger partial charge in [-0.2, -0.15) is 5.10 Å². The molecule has 2 aliphatic rings. The molecule has 2 heterocycles. The summed E-state index contributed by atoms with van der Waals surface area (Å²) < 4.78 is 11.6. The van der Waals surface area contributed by atoms with Crippen LogP contribution in [-0.2, 0) is 0 Å². The maximum atomic E-state index is 6.34. The molecule has 0 aromatic heterocycles. The summed E-state index contributed by atoms with van der Waals surface area (Å²) in [4.78, 5) is 0. The molecule has 0 N–H and O–H groups in total. The molecule has 5 rings (SSSR count). The van der Waals surface area contributed by atoms with Crippen LogP contribution in [-0.4, -0.2) is 17.8 Å². The topological polar surface area (TPSA) is 34.1 Å². The maximum Gasteiger partial charge on any atom is 0.213 e. The molecule has 0 bridgehead atoms. The molecule has 0 spiro atoms. The molecule has 146 valence electrons. The monoisotopic (exact) mass is 424 g/mol. The van der Waals surface area contributed by atoms with Crippen LogP contribution in [0, 0.1) is 0 Å². The Hall–Kier alpha value is -2.69. The fraction of sp³-hybridized carbons (Fsp3) is 0.174. The highest BCUT2D eigenvalue weighted by molar-refractivity contribution is 6.30. The van der Waals surface area contributed by atoms with E-state index >= 15 is 0 Å². The normalized spacial score (nSPS) is 19.8. The molecular weight excluding hydrogens is 407 g/mol. The molecule has 29 heavy (non-hydrogen) atoms. The first-order valence-corrected chi connectivity index (χ1v) is 10.1. The van der Waals surface area contributed by atoms with Crippen molar-refractivity contribution in [3.8, 4) is 11.5 Å². The largest absolute Gasteiger partial charge is 0.497 e. The van der Waals surface area contributed by atoms with Gasteiger partial charge in [0, 0.05) is 27.6 Å². The summed E-state index contributed by atoms with van der Waals surface area (Å²) in [6, 6.07) is 21.5. The lowest BCUT2D eigenvalue weighted by molar-refractivity contribution is -0.0190. The molecule has 0 fully saturated rings. The quantitative estimate of drug-likeness (QED) is 0.498. The third-order valence-corrected chi connectivity index (χ3v) is 5.82. The van der Waals surface area contributed by atoms with Gasteiger partial charge >= 0.3 is 0 Å². The van der Waals surface area contributed by atoms with Gasteiger partial charge in [-0.25, -0.2) is 5.01 Å². The van der Waals surface area contributed by atoms with E-state index in [-0.39, 0.29) is 12.3 Å². The van der Waals surface area contributed by atoms with E-state index in [1.807, 2.05) is 71.7 Å². The predicted molar refractivity (Wildman–Crippen MR) is 115 cm³/mol. The van der Waals surface area contributed by atoms with E-state index in [0.29, 0.717) is 10.0 Å². The number of ether oxygens (including phenoxy) is 2. The molecular formula is C23H18Cl2N2O2. The summed E-state index contributed by atoms with van der Waals surface area (Å²) in [6.07, 6.45) is 0.439. The van der Waals surface area contributed by atoms with Crippen molar-refractivity contribution in [1.29, 1.82) is 0 Å². The van der Waals surface area contributed by atoms with Crippen molar-refractivity contribution in [2.45, 2.75) is 18.7 Å². The number of hydrogen-bond donors (Lipinski definition) is 0. The Morgan fingerprint density at radius 2 is 1.69 bits per heavy atom. The molecule has 6 heteroatoms. The molecule has 0 aliphatic carbocycles. The second-order valence-corrected chi connectivity index (χ2v) is 7.95. The van der Waals surface area contributed by atoms with Gasteiger partial charge in [-0.3, -0.25) is 0 Å². The van der Waals surface area contributed by atoms with E-state index in [1.165, 1.54) is 0 Å². The Labute approximate surface area is 179 Å². The third kappa shape index (κ3) is 3.33. The van der Waals surface area contributed by atoms with Crippen molar-refractivity contribution in [2.24, 2.45) is 5.10 Å². The van der Waals surface area contributed by atoms with Crippen LogP contribution in [0.5, 0.6) is 11.5 Å². The zero-order valence-electron chi connectivity index (χ0n) is 15.7. The minimum absolute atomic E-state index is 0.0511. The average molecular weight is 425 g/mol. The van der Waals surface area contributed by atoms with Crippen molar-refractivity contribution in [1.82, 2.24) is 5.01 Å². The zero-order chi connectivity index (χ0) is 20.0. The number of nitrogens with zero attached hydrogens (tertiary/aromatic N) is 2. The molecule has 0 radical (unpaired) electrons. The van der Waals surface area contributed by atoms with Crippen LogP contribution in [0.15, 0.2) is 71.8 Å². The Morgan fingerprint density at radius 1 is 0.966 bits per heavy atom. The van der Waals surface area contributed by atoms with Crippen molar-refractivity contribution in [3.05, 3.63) is 93.5 Å². The molecule has 0 amide bonds. The Bertz CT molecular complexity index is 1080. The highest BCUT2D eigenvalue weighted by Gasteiger charge is 2.41. The predicted octanol–water partition coefficient (Wildman–Crippen LogP) is 6.24. The van der Waals surface area contributed by atoms with Crippen LogP contribution in [0.1, 0.15) is 35.4 Å². The lowest BCUT2D eigenvalue weighted by Crippen LogP contribution is -2.33. The Kier molecular flexibility index (Phi) is 4.61. The van der Waals surface area contributed by atoms with E-state index in [2.05, 4.69) is 0 Å². The van der Waals surface area contributed by atoms with Crippen molar-refractivity contribution in [3.63, 3.8) is 0 Å². The number of rotatable bonds is 3. The fourth-order valence-corrected chi connectivity index (χ4v) is 4.17.